The first kappa shape index (κ1) is 12.9. The molecule has 0 bridgehead atoms. The second kappa shape index (κ2) is 5.49. The van der Waals surface area contributed by atoms with Crippen molar-refractivity contribution in [2.45, 2.75) is 19.5 Å². The van der Waals surface area contributed by atoms with Gasteiger partial charge in [-0.25, -0.2) is 4.98 Å². The standard InChI is InChI=1S/C16H14N2OS/c1-3-11(2)17-10-12-8-9-14(19-12)16-18-13-6-4-5-7-15(13)20-16/h1,4-9,11,17H,10H2,2H3. The summed E-state index contributed by atoms with van der Waals surface area (Å²) < 4.78 is 6.98. The summed E-state index contributed by atoms with van der Waals surface area (Å²) in [5.74, 6) is 4.29. The van der Waals surface area contributed by atoms with Gasteiger partial charge in [0.25, 0.3) is 0 Å². The summed E-state index contributed by atoms with van der Waals surface area (Å²) in [6, 6.07) is 12.0. The van der Waals surface area contributed by atoms with Crippen molar-refractivity contribution in [2.24, 2.45) is 0 Å². The van der Waals surface area contributed by atoms with Crippen molar-refractivity contribution in [3.63, 3.8) is 0 Å². The number of benzene rings is 1. The van der Waals surface area contributed by atoms with Crippen molar-refractivity contribution in [1.82, 2.24) is 10.3 Å². The van der Waals surface area contributed by atoms with E-state index in [4.69, 9.17) is 10.8 Å². The molecule has 3 aromatic rings. The van der Waals surface area contributed by atoms with Crippen LogP contribution < -0.4 is 5.32 Å². The average Bonchev–Trinajstić information content (AvgIpc) is 3.10. The zero-order valence-corrected chi connectivity index (χ0v) is 11.9. The zero-order chi connectivity index (χ0) is 13.9. The molecule has 1 aromatic carbocycles. The van der Waals surface area contributed by atoms with Gasteiger partial charge in [-0.2, -0.15) is 0 Å². The number of nitrogens with one attached hydrogen (secondary N) is 1. The predicted octanol–water partition coefficient (Wildman–Crippen LogP) is 3.67. The van der Waals surface area contributed by atoms with Crippen molar-refractivity contribution in [3.8, 4) is 23.1 Å². The van der Waals surface area contributed by atoms with Crippen molar-refractivity contribution in [1.29, 1.82) is 0 Å². The molecule has 0 aliphatic rings. The van der Waals surface area contributed by atoms with Crippen LogP contribution in [-0.4, -0.2) is 11.0 Å². The number of nitrogens with zero attached hydrogens (tertiary/aromatic N) is 1. The molecular formula is C16H14N2OS. The monoisotopic (exact) mass is 282 g/mol. The van der Waals surface area contributed by atoms with Crippen molar-refractivity contribution in [3.05, 3.63) is 42.2 Å². The van der Waals surface area contributed by atoms with Gasteiger partial charge in [0.15, 0.2) is 10.8 Å². The Kier molecular flexibility index (Phi) is 3.55. The van der Waals surface area contributed by atoms with E-state index >= 15 is 0 Å². The number of furan rings is 1. The van der Waals surface area contributed by atoms with Crippen LogP contribution in [0.1, 0.15) is 12.7 Å². The number of aromatic nitrogens is 1. The van der Waals surface area contributed by atoms with Gasteiger partial charge in [-0.15, -0.1) is 17.8 Å². The van der Waals surface area contributed by atoms with E-state index < -0.39 is 0 Å². The van der Waals surface area contributed by atoms with Gasteiger partial charge in [0.05, 0.1) is 22.8 Å². The zero-order valence-electron chi connectivity index (χ0n) is 11.1. The highest BCUT2D eigenvalue weighted by Gasteiger charge is 2.10. The molecule has 3 nitrogen and oxygen atoms in total. The fourth-order valence-electron chi connectivity index (χ4n) is 1.88. The van der Waals surface area contributed by atoms with E-state index in [-0.39, 0.29) is 6.04 Å². The van der Waals surface area contributed by atoms with Crippen LogP contribution in [0.25, 0.3) is 21.0 Å². The maximum absolute atomic E-state index is 5.81. The van der Waals surface area contributed by atoms with Gasteiger partial charge in [-0.1, -0.05) is 18.1 Å². The quantitative estimate of drug-likeness (QED) is 0.742. The fourth-order valence-corrected chi connectivity index (χ4v) is 2.81. The molecule has 100 valence electrons. The molecule has 2 heterocycles. The molecule has 3 rings (SSSR count). The van der Waals surface area contributed by atoms with E-state index in [1.165, 1.54) is 4.70 Å². The van der Waals surface area contributed by atoms with E-state index in [1.807, 2.05) is 37.3 Å². The van der Waals surface area contributed by atoms with Gasteiger partial charge in [0, 0.05) is 0 Å². The first-order valence-electron chi connectivity index (χ1n) is 6.40. The lowest BCUT2D eigenvalue weighted by molar-refractivity contribution is 0.486. The van der Waals surface area contributed by atoms with Crippen molar-refractivity contribution in [2.75, 3.05) is 0 Å². The van der Waals surface area contributed by atoms with Crippen LogP contribution in [-0.2, 0) is 6.54 Å². The van der Waals surface area contributed by atoms with Crippen molar-refractivity contribution >= 4 is 21.6 Å². The summed E-state index contributed by atoms with van der Waals surface area (Å²) in [6.45, 7) is 2.56. The van der Waals surface area contributed by atoms with Crippen LogP contribution in [0.2, 0.25) is 0 Å². The number of hydrogen-bond donors (Lipinski definition) is 1. The number of para-hydroxylation sites is 1. The van der Waals surface area contributed by atoms with Crippen LogP contribution >= 0.6 is 11.3 Å². The van der Waals surface area contributed by atoms with Crippen LogP contribution in [0.4, 0.5) is 0 Å². The number of thiazole rings is 1. The minimum absolute atomic E-state index is 0.0333. The topological polar surface area (TPSA) is 38.1 Å². The smallest absolute Gasteiger partial charge is 0.163 e. The Morgan fingerprint density at radius 1 is 1.35 bits per heavy atom. The molecule has 0 spiro atoms. The number of fused-ring (bicyclic) bond motifs is 1. The molecule has 0 radical (unpaired) electrons. The van der Waals surface area contributed by atoms with Gasteiger partial charge in [-0.05, 0) is 31.2 Å². The molecule has 4 heteroatoms. The second-order valence-corrected chi connectivity index (χ2v) is 5.55. The molecule has 0 fully saturated rings. The second-order valence-electron chi connectivity index (χ2n) is 4.52. The lowest BCUT2D eigenvalue weighted by Crippen LogP contribution is -2.23. The third-order valence-corrected chi connectivity index (χ3v) is 4.05. The third kappa shape index (κ3) is 2.60. The Balaban J connectivity index is 1.81. The molecule has 1 atom stereocenters. The van der Waals surface area contributed by atoms with Gasteiger partial charge in [-0.3, -0.25) is 5.32 Å². The maximum Gasteiger partial charge on any atom is 0.163 e. The molecule has 0 saturated carbocycles. The molecule has 20 heavy (non-hydrogen) atoms. The van der Waals surface area contributed by atoms with Gasteiger partial charge < -0.3 is 4.42 Å². The first-order chi connectivity index (χ1) is 9.76. The normalized spacial score (nSPS) is 12.4. The van der Waals surface area contributed by atoms with Gasteiger partial charge in [0.2, 0.25) is 0 Å². The van der Waals surface area contributed by atoms with Gasteiger partial charge in [0.1, 0.15) is 5.76 Å². The summed E-state index contributed by atoms with van der Waals surface area (Å²) in [6.07, 6.45) is 5.32. The molecule has 0 aliphatic carbocycles. The van der Waals surface area contributed by atoms with E-state index in [9.17, 15) is 0 Å². The fraction of sp³-hybridized carbons (Fsp3) is 0.188. The number of terminal acetylenes is 1. The van der Waals surface area contributed by atoms with Crippen LogP contribution in [0.5, 0.6) is 0 Å². The molecular weight excluding hydrogens is 268 g/mol. The summed E-state index contributed by atoms with van der Waals surface area (Å²) in [5.41, 5.74) is 1.00. The predicted molar refractivity (Wildman–Crippen MR) is 82.5 cm³/mol. The Morgan fingerprint density at radius 3 is 3.00 bits per heavy atom. The van der Waals surface area contributed by atoms with E-state index in [1.54, 1.807) is 11.3 Å². The Morgan fingerprint density at radius 2 is 2.20 bits per heavy atom. The molecule has 1 N–H and O–H groups in total. The van der Waals surface area contributed by atoms with E-state index in [0.29, 0.717) is 6.54 Å². The number of rotatable bonds is 4. The highest BCUT2D eigenvalue weighted by atomic mass is 32.1. The molecule has 0 saturated heterocycles. The van der Waals surface area contributed by atoms with Crippen LogP contribution in [0, 0.1) is 12.3 Å². The first-order valence-corrected chi connectivity index (χ1v) is 7.22. The largest absolute Gasteiger partial charge is 0.457 e. The average molecular weight is 282 g/mol. The lowest BCUT2D eigenvalue weighted by atomic mass is 10.3. The minimum atomic E-state index is 0.0333. The Labute approximate surface area is 121 Å². The van der Waals surface area contributed by atoms with Crippen molar-refractivity contribution < 1.29 is 4.42 Å². The summed E-state index contributed by atoms with van der Waals surface area (Å²) in [7, 11) is 0. The molecule has 2 aromatic heterocycles. The SMILES string of the molecule is C#CC(C)NCc1ccc(-c2nc3ccccc3s2)o1. The minimum Gasteiger partial charge on any atom is -0.457 e. The highest BCUT2D eigenvalue weighted by Crippen LogP contribution is 2.30. The molecule has 0 aliphatic heterocycles. The maximum atomic E-state index is 5.81. The van der Waals surface area contributed by atoms with Crippen LogP contribution in [0.15, 0.2) is 40.8 Å². The summed E-state index contributed by atoms with van der Waals surface area (Å²) in [5, 5.41) is 4.10. The van der Waals surface area contributed by atoms with E-state index in [0.717, 1.165) is 22.0 Å². The Hall–Kier alpha value is -2.09. The van der Waals surface area contributed by atoms with E-state index in [2.05, 4.69) is 22.3 Å². The number of hydrogen-bond acceptors (Lipinski definition) is 4. The van der Waals surface area contributed by atoms with Gasteiger partial charge >= 0.3 is 0 Å². The molecule has 0 amide bonds. The van der Waals surface area contributed by atoms with Crippen LogP contribution in [0.3, 0.4) is 0 Å². The Bertz CT molecular complexity index is 733. The lowest BCUT2D eigenvalue weighted by Gasteiger charge is -2.04. The molecule has 1 unspecified atom stereocenters. The third-order valence-electron chi connectivity index (χ3n) is 3.00. The summed E-state index contributed by atoms with van der Waals surface area (Å²) >= 11 is 1.63. The summed E-state index contributed by atoms with van der Waals surface area (Å²) in [4.78, 5) is 4.58. The highest BCUT2D eigenvalue weighted by molar-refractivity contribution is 7.21.